The number of likely N-dealkylation sites (N-methyl/N-ethyl adjacent to an activating group) is 1. The average Bonchev–Trinajstić information content (AvgIpc) is 3.26. The minimum Gasteiger partial charge on any atom is -0.352 e. The van der Waals surface area contributed by atoms with E-state index < -0.39 is 0 Å². The third-order valence-electron chi connectivity index (χ3n) is 5.31. The number of hydrogen-bond donors (Lipinski definition) is 0. The topological polar surface area (TPSA) is 50.1 Å². The summed E-state index contributed by atoms with van der Waals surface area (Å²) in [5.41, 5.74) is 1.09. The molecule has 2 fully saturated rings. The van der Waals surface area contributed by atoms with Crippen molar-refractivity contribution in [1.29, 1.82) is 0 Å². The van der Waals surface area contributed by atoms with E-state index >= 15 is 0 Å². The summed E-state index contributed by atoms with van der Waals surface area (Å²) in [6.07, 6.45) is 6.66. The van der Waals surface area contributed by atoms with E-state index in [-0.39, 0.29) is 5.41 Å². The summed E-state index contributed by atoms with van der Waals surface area (Å²) in [7, 11) is 2.20. The van der Waals surface area contributed by atoms with Gasteiger partial charge in [-0.25, -0.2) is 4.98 Å². The molecule has 6 heteroatoms. The van der Waals surface area contributed by atoms with Gasteiger partial charge in [-0.2, -0.15) is 5.10 Å². The molecule has 2 aromatic heterocycles. The smallest absolute Gasteiger partial charge is 0.151 e. The summed E-state index contributed by atoms with van der Waals surface area (Å²) in [6.45, 7) is 9.41. The van der Waals surface area contributed by atoms with Crippen molar-refractivity contribution in [1.82, 2.24) is 24.6 Å². The van der Waals surface area contributed by atoms with Crippen molar-refractivity contribution in [2.45, 2.75) is 57.7 Å². The molecule has 2 aliphatic rings. The van der Waals surface area contributed by atoms with Gasteiger partial charge in [-0.3, -0.25) is 4.90 Å². The molecule has 0 spiro atoms. The van der Waals surface area contributed by atoms with Gasteiger partial charge in [0.25, 0.3) is 0 Å². The zero-order chi connectivity index (χ0) is 17.6. The van der Waals surface area contributed by atoms with Gasteiger partial charge in [-0.05, 0) is 32.0 Å². The number of rotatable bonds is 5. The lowest BCUT2D eigenvalue weighted by molar-refractivity contribution is 0.190. The first-order chi connectivity index (χ1) is 11.9. The fourth-order valence-corrected chi connectivity index (χ4v) is 3.32. The lowest BCUT2D eigenvalue weighted by Crippen LogP contribution is -2.58. The maximum Gasteiger partial charge on any atom is 0.151 e. The lowest BCUT2D eigenvalue weighted by Gasteiger charge is -2.44. The van der Waals surface area contributed by atoms with E-state index in [2.05, 4.69) is 75.7 Å². The highest BCUT2D eigenvalue weighted by Crippen LogP contribution is 2.35. The molecule has 25 heavy (non-hydrogen) atoms. The second kappa shape index (κ2) is 6.09. The molecule has 4 rings (SSSR count). The van der Waals surface area contributed by atoms with Crippen LogP contribution in [0.2, 0.25) is 0 Å². The third kappa shape index (κ3) is 3.40. The zero-order valence-corrected chi connectivity index (χ0v) is 15.7. The van der Waals surface area contributed by atoms with Gasteiger partial charge in [-0.15, -0.1) is 5.10 Å². The van der Waals surface area contributed by atoms with Crippen molar-refractivity contribution in [2.24, 2.45) is 0 Å². The largest absolute Gasteiger partial charge is 0.352 e. The fourth-order valence-electron chi connectivity index (χ4n) is 3.32. The SMILES string of the molecule is CN(Cc1nccn1C1CC1)C1CN(c2ccc(C(C)(C)C)nn2)C1. The molecule has 1 aliphatic heterocycles. The van der Waals surface area contributed by atoms with E-state index in [0.29, 0.717) is 12.1 Å². The minimum absolute atomic E-state index is 0.0483. The summed E-state index contributed by atoms with van der Waals surface area (Å²) in [4.78, 5) is 9.26. The van der Waals surface area contributed by atoms with E-state index in [1.807, 2.05) is 6.20 Å². The van der Waals surface area contributed by atoms with Crippen LogP contribution in [-0.4, -0.2) is 50.8 Å². The van der Waals surface area contributed by atoms with Crippen LogP contribution in [-0.2, 0) is 12.0 Å². The number of aromatic nitrogens is 4. The maximum absolute atomic E-state index is 4.55. The molecule has 2 aromatic rings. The molecule has 0 unspecified atom stereocenters. The first kappa shape index (κ1) is 16.5. The van der Waals surface area contributed by atoms with Crippen LogP contribution < -0.4 is 4.90 Å². The van der Waals surface area contributed by atoms with Crippen LogP contribution in [0.4, 0.5) is 5.82 Å². The first-order valence-corrected chi connectivity index (χ1v) is 9.23. The fraction of sp³-hybridized carbons (Fsp3) is 0.632. The molecule has 0 bridgehead atoms. The number of imidazole rings is 1. The highest BCUT2D eigenvalue weighted by Gasteiger charge is 2.33. The second-order valence-corrected chi connectivity index (χ2v) is 8.48. The van der Waals surface area contributed by atoms with Crippen molar-refractivity contribution >= 4 is 5.82 Å². The Morgan fingerprint density at radius 2 is 1.92 bits per heavy atom. The average molecular weight is 340 g/mol. The minimum atomic E-state index is 0.0483. The summed E-state index contributed by atoms with van der Waals surface area (Å²) in [5.74, 6) is 2.18. The van der Waals surface area contributed by atoms with Gasteiger partial charge < -0.3 is 9.47 Å². The Bertz CT molecular complexity index is 719. The van der Waals surface area contributed by atoms with E-state index in [1.165, 1.54) is 18.7 Å². The van der Waals surface area contributed by atoms with Crippen LogP contribution in [0, 0.1) is 0 Å². The molecule has 134 valence electrons. The van der Waals surface area contributed by atoms with Crippen LogP contribution in [0.5, 0.6) is 0 Å². The Morgan fingerprint density at radius 3 is 2.52 bits per heavy atom. The van der Waals surface area contributed by atoms with Crippen LogP contribution in [0.15, 0.2) is 24.5 Å². The molecule has 0 amide bonds. The van der Waals surface area contributed by atoms with E-state index in [1.54, 1.807) is 0 Å². The molecular weight excluding hydrogens is 312 g/mol. The predicted molar refractivity (Wildman–Crippen MR) is 98.7 cm³/mol. The van der Waals surface area contributed by atoms with E-state index in [0.717, 1.165) is 31.1 Å². The molecule has 1 saturated carbocycles. The molecule has 0 N–H and O–H groups in total. The van der Waals surface area contributed by atoms with Gasteiger partial charge in [0.15, 0.2) is 5.82 Å². The summed E-state index contributed by atoms with van der Waals surface area (Å²) < 4.78 is 2.35. The molecule has 0 atom stereocenters. The van der Waals surface area contributed by atoms with Gasteiger partial charge in [0.2, 0.25) is 0 Å². The Kier molecular flexibility index (Phi) is 4.02. The van der Waals surface area contributed by atoms with Gasteiger partial charge in [0.1, 0.15) is 5.82 Å². The Labute approximate surface area is 149 Å². The molecule has 0 radical (unpaired) electrons. The number of nitrogens with zero attached hydrogens (tertiary/aromatic N) is 6. The summed E-state index contributed by atoms with van der Waals surface area (Å²) in [5, 5.41) is 8.83. The third-order valence-corrected chi connectivity index (χ3v) is 5.31. The highest BCUT2D eigenvalue weighted by molar-refractivity contribution is 5.42. The van der Waals surface area contributed by atoms with Crippen molar-refractivity contribution in [3.63, 3.8) is 0 Å². The molecule has 6 nitrogen and oxygen atoms in total. The van der Waals surface area contributed by atoms with E-state index in [9.17, 15) is 0 Å². The Morgan fingerprint density at radius 1 is 1.16 bits per heavy atom. The lowest BCUT2D eigenvalue weighted by atomic mass is 9.92. The molecule has 1 aliphatic carbocycles. The molecule has 3 heterocycles. The van der Waals surface area contributed by atoms with Crippen molar-refractivity contribution in [3.05, 3.63) is 36.0 Å². The van der Waals surface area contributed by atoms with Gasteiger partial charge in [-0.1, -0.05) is 20.8 Å². The summed E-state index contributed by atoms with van der Waals surface area (Å²) >= 11 is 0. The van der Waals surface area contributed by atoms with Gasteiger partial charge >= 0.3 is 0 Å². The molecule has 1 saturated heterocycles. The summed E-state index contributed by atoms with van der Waals surface area (Å²) in [6, 6.07) is 5.45. The van der Waals surface area contributed by atoms with Crippen molar-refractivity contribution in [2.75, 3.05) is 25.0 Å². The monoisotopic (exact) mass is 340 g/mol. The molecular formula is C19H28N6. The zero-order valence-electron chi connectivity index (χ0n) is 15.7. The Balaban J connectivity index is 1.33. The van der Waals surface area contributed by atoms with Gasteiger partial charge in [0, 0.05) is 43.0 Å². The first-order valence-electron chi connectivity index (χ1n) is 9.23. The maximum atomic E-state index is 4.55. The second-order valence-electron chi connectivity index (χ2n) is 8.48. The normalized spacial score (nSPS) is 18.7. The highest BCUT2D eigenvalue weighted by atomic mass is 15.4. The van der Waals surface area contributed by atoms with Crippen LogP contribution >= 0.6 is 0 Å². The van der Waals surface area contributed by atoms with Crippen LogP contribution in [0.25, 0.3) is 0 Å². The van der Waals surface area contributed by atoms with E-state index in [4.69, 9.17) is 0 Å². The van der Waals surface area contributed by atoms with Crippen molar-refractivity contribution < 1.29 is 0 Å². The van der Waals surface area contributed by atoms with Crippen LogP contribution in [0.1, 0.15) is 51.2 Å². The van der Waals surface area contributed by atoms with Crippen LogP contribution in [0.3, 0.4) is 0 Å². The number of hydrogen-bond acceptors (Lipinski definition) is 5. The quantitative estimate of drug-likeness (QED) is 0.837. The van der Waals surface area contributed by atoms with Gasteiger partial charge in [0.05, 0.1) is 12.2 Å². The standard InChI is InChI=1S/C19H28N6/c1-19(2,3)16-7-8-17(22-21-16)24-11-15(12-24)23(4)13-18-20-9-10-25(18)14-5-6-14/h7-10,14-15H,5-6,11-13H2,1-4H3. The number of anilines is 1. The van der Waals surface area contributed by atoms with Crippen molar-refractivity contribution in [3.8, 4) is 0 Å². The predicted octanol–water partition coefficient (Wildman–Crippen LogP) is 2.63. The Hall–Kier alpha value is -1.95. The molecule has 0 aromatic carbocycles.